The molecule has 20 heavy (non-hydrogen) atoms. The minimum absolute atomic E-state index is 0.523. The van der Waals surface area contributed by atoms with Gasteiger partial charge in [-0.25, -0.2) is 0 Å². The van der Waals surface area contributed by atoms with Crippen LogP contribution in [-0.4, -0.2) is 13.2 Å². The van der Waals surface area contributed by atoms with Gasteiger partial charge in [0.25, 0.3) is 0 Å². The van der Waals surface area contributed by atoms with E-state index in [9.17, 15) is 0 Å². The Bertz CT molecular complexity index is 581. The van der Waals surface area contributed by atoms with Crippen LogP contribution in [-0.2, 0) is 0 Å². The van der Waals surface area contributed by atoms with Gasteiger partial charge in [0.1, 0.15) is 12.4 Å². The van der Waals surface area contributed by atoms with Crippen LogP contribution in [0.3, 0.4) is 0 Å². The zero-order valence-electron chi connectivity index (χ0n) is 10.9. The minimum atomic E-state index is 0.523. The molecule has 0 heterocycles. The summed E-state index contributed by atoms with van der Waals surface area (Å²) in [5.74, 6) is 0.725. The smallest absolute Gasteiger partial charge is 0.140 e. The second kappa shape index (κ2) is 7.21. The van der Waals surface area contributed by atoms with Crippen molar-refractivity contribution in [3.63, 3.8) is 0 Å². The Morgan fingerprint density at radius 2 is 2.00 bits per heavy atom. The molecule has 0 unspecified atom stereocenters. The fraction of sp³-hybridized carbons (Fsp3) is 0.200. The lowest BCUT2D eigenvalue weighted by molar-refractivity contribution is 0.331. The first-order chi connectivity index (χ1) is 9.56. The van der Waals surface area contributed by atoms with Crippen LogP contribution in [0.25, 0.3) is 0 Å². The Kier molecular flexibility index (Phi) is 5.58. The van der Waals surface area contributed by atoms with E-state index in [1.807, 2.05) is 43.3 Å². The zero-order valence-corrected chi connectivity index (χ0v) is 14.0. The average Bonchev–Trinajstić information content (AvgIpc) is 2.36. The molecule has 0 saturated carbocycles. The van der Waals surface area contributed by atoms with Crippen LogP contribution in [0.1, 0.15) is 5.56 Å². The molecule has 1 N–H and O–H groups in total. The van der Waals surface area contributed by atoms with Crippen molar-refractivity contribution >= 4 is 44.8 Å². The van der Waals surface area contributed by atoms with Crippen molar-refractivity contribution in [2.24, 2.45) is 0 Å². The molecule has 0 aliphatic carbocycles. The SMILES string of the molecule is Cc1cc(Br)cc(Cl)c1OCCNc1cccc(Cl)c1. The maximum Gasteiger partial charge on any atom is 0.140 e. The summed E-state index contributed by atoms with van der Waals surface area (Å²) in [5, 5.41) is 4.57. The van der Waals surface area contributed by atoms with Gasteiger partial charge < -0.3 is 10.1 Å². The maximum absolute atomic E-state index is 6.16. The van der Waals surface area contributed by atoms with Gasteiger partial charge in [0.2, 0.25) is 0 Å². The Morgan fingerprint density at radius 3 is 2.70 bits per heavy atom. The first-order valence-corrected chi connectivity index (χ1v) is 7.69. The first kappa shape index (κ1) is 15.5. The lowest BCUT2D eigenvalue weighted by atomic mass is 10.2. The van der Waals surface area contributed by atoms with Gasteiger partial charge in [-0.1, -0.05) is 45.2 Å². The van der Waals surface area contributed by atoms with E-state index in [-0.39, 0.29) is 0 Å². The molecular formula is C15H14BrCl2NO. The second-order valence-corrected chi connectivity index (χ2v) is 6.08. The molecule has 0 radical (unpaired) electrons. The van der Waals surface area contributed by atoms with Gasteiger partial charge in [-0.05, 0) is 42.8 Å². The second-order valence-electron chi connectivity index (χ2n) is 4.32. The molecule has 2 rings (SSSR count). The molecule has 5 heteroatoms. The van der Waals surface area contributed by atoms with Crippen LogP contribution < -0.4 is 10.1 Å². The van der Waals surface area contributed by atoms with Crippen LogP contribution >= 0.6 is 39.1 Å². The van der Waals surface area contributed by atoms with Crippen LogP contribution in [0.5, 0.6) is 5.75 Å². The average molecular weight is 375 g/mol. The van der Waals surface area contributed by atoms with Gasteiger partial charge in [0, 0.05) is 21.7 Å². The highest BCUT2D eigenvalue weighted by atomic mass is 79.9. The number of benzene rings is 2. The minimum Gasteiger partial charge on any atom is -0.490 e. The highest BCUT2D eigenvalue weighted by Crippen LogP contribution is 2.31. The molecule has 0 saturated heterocycles. The molecule has 106 valence electrons. The number of rotatable bonds is 5. The predicted molar refractivity (Wildman–Crippen MR) is 89.3 cm³/mol. The molecule has 0 amide bonds. The third kappa shape index (κ3) is 4.30. The summed E-state index contributed by atoms with van der Waals surface area (Å²) in [7, 11) is 0. The third-order valence-electron chi connectivity index (χ3n) is 2.70. The summed E-state index contributed by atoms with van der Waals surface area (Å²) in [6.45, 7) is 3.16. The van der Waals surface area contributed by atoms with Crippen molar-refractivity contribution < 1.29 is 4.74 Å². The van der Waals surface area contributed by atoms with E-state index in [2.05, 4.69) is 21.2 Å². The van der Waals surface area contributed by atoms with E-state index in [0.717, 1.165) is 21.5 Å². The monoisotopic (exact) mass is 373 g/mol. The standard InChI is InChI=1S/C15H14BrCl2NO/c1-10-7-11(16)8-14(18)15(10)20-6-5-19-13-4-2-3-12(17)9-13/h2-4,7-9,19H,5-6H2,1H3. The molecule has 0 aliphatic heterocycles. The van der Waals surface area contributed by atoms with Crippen molar-refractivity contribution in [3.05, 3.63) is 56.5 Å². The van der Waals surface area contributed by atoms with E-state index in [4.69, 9.17) is 27.9 Å². The van der Waals surface area contributed by atoms with Gasteiger partial charge in [-0.15, -0.1) is 0 Å². The maximum atomic E-state index is 6.16. The fourth-order valence-electron chi connectivity index (χ4n) is 1.82. The van der Waals surface area contributed by atoms with Gasteiger partial charge in [0.15, 0.2) is 0 Å². The van der Waals surface area contributed by atoms with E-state index >= 15 is 0 Å². The van der Waals surface area contributed by atoms with Gasteiger partial charge in [0.05, 0.1) is 5.02 Å². The van der Waals surface area contributed by atoms with E-state index in [1.54, 1.807) is 0 Å². The Hall–Kier alpha value is -0.900. The van der Waals surface area contributed by atoms with Crippen molar-refractivity contribution in [3.8, 4) is 5.75 Å². The number of halogens is 3. The normalized spacial score (nSPS) is 10.4. The number of ether oxygens (including phenoxy) is 1. The molecule has 0 spiro atoms. The predicted octanol–water partition coefficient (Wildman–Crippen LogP) is 5.56. The number of anilines is 1. The summed E-state index contributed by atoms with van der Waals surface area (Å²) in [5.41, 5.74) is 1.98. The third-order valence-corrected chi connectivity index (χ3v) is 3.67. The van der Waals surface area contributed by atoms with Crippen molar-refractivity contribution in [1.82, 2.24) is 0 Å². The molecule has 0 fully saturated rings. The van der Waals surface area contributed by atoms with E-state index in [1.165, 1.54) is 0 Å². The number of nitrogens with one attached hydrogen (secondary N) is 1. The molecule has 0 bridgehead atoms. The molecule has 2 aromatic rings. The van der Waals surface area contributed by atoms with Gasteiger partial charge in [-0.3, -0.25) is 0 Å². The van der Waals surface area contributed by atoms with E-state index < -0.39 is 0 Å². The topological polar surface area (TPSA) is 21.3 Å². The molecule has 0 atom stereocenters. The Balaban J connectivity index is 1.88. The van der Waals surface area contributed by atoms with Gasteiger partial charge in [-0.2, -0.15) is 0 Å². The van der Waals surface area contributed by atoms with Crippen LogP contribution in [0.2, 0.25) is 10.0 Å². The molecule has 0 aliphatic rings. The highest BCUT2D eigenvalue weighted by Gasteiger charge is 2.06. The Morgan fingerprint density at radius 1 is 1.20 bits per heavy atom. The number of hydrogen-bond donors (Lipinski definition) is 1. The quantitative estimate of drug-likeness (QED) is 0.692. The molecule has 0 aromatic heterocycles. The van der Waals surface area contributed by atoms with E-state index in [0.29, 0.717) is 23.2 Å². The molecule has 2 aromatic carbocycles. The highest BCUT2D eigenvalue weighted by molar-refractivity contribution is 9.10. The number of hydrogen-bond acceptors (Lipinski definition) is 2. The van der Waals surface area contributed by atoms with Crippen LogP contribution in [0.4, 0.5) is 5.69 Å². The van der Waals surface area contributed by atoms with Gasteiger partial charge >= 0.3 is 0 Å². The largest absolute Gasteiger partial charge is 0.490 e. The lowest BCUT2D eigenvalue weighted by Crippen LogP contribution is -2.12. The fourth-order valence-corrected chi connectivity index (χ4v) is 3.03. The molecular weight excluding hydrogens is 361 g/mol. The van der Waals surface area contributed by atoms with Crippen molar-refractivity contribution in [1.29, 1.82) is 0 Å². The van der Waals surface area contributed by atoms with Crippen LogP contribution in [0.15, 0.2) is 40.9 Å². The number of aryl methyl sites for hydroxylation is 1. The first-order valence-electron chi connectivity index (χ1n) is 6.14. The summed E-state index contributed by atoms with van der Waals surface area (Å²) < 4.78 is 6.67. The Labute approximate surface area is 137 Å². The molecule has 2 nitrogen and oxygen atoms in total. The summed E-state index contributed by atoms with van der Waals surface area (Å²) >= 11 is 15.5. The summed E-state index contributed by atoms with van der Waals surface area (Å²) in [6, 6.07) is 11.4. The summed E-state index contributed by atoms with van der Waals surface area (Å²) in [4.78, 5) is 0. The van der Waals surface area contributed by atoms with Crippen LogP contribution in [0, 0.1) is 6.92 Å². The summed E-state index contributed by atoms with van der Waals surface area (Å²) in [6.07, 6.45) is 0. The van der Waals surface area contributed by atoms with Crippen molar-refractivity contribution in [2.75, 3.05) is 18.5 Å². The zero-order chi connectivity index (χ0) is 14.5. The van der Waals surface area contributed by atoms with Crippen molar-refractivity contribution in [2.45, 2.75) is 6.92 Å². The lowest BCUT2D eigenvalue weighted by Gasteiger charge is -2.12.